The topological polar surface area (TPSA) is 66.1 Å². The highest BCUT2D eigenvalue weighted by atomic mass is 16.2. The van der Waals surface area contributed by atoms with Gasteiger partial charge >= 0.3 is 0 Å². The smallest absolute Gasteiger partial charge is 0.260 e. The van der Waals surface area contributed by atoms with E-state index in [1.165, 1.54) is 6.20 Å². The van der Waals surface area contributed by atoms with Crippen LogP contribution in [0.1, 0.15) is 27.0 Å². The summed E-state index contributed by atoms with van der Waals surface area (Å²) in [6, 6.07) is 18.9. The minimum Gasteiger partial charge on any atom is -0.321 e. The molecule has 1 N–H and O–H groups in total. The maximum Gasteiger partial charge on any atom is 0.260 e. The van der Waals surface area contributed by atoms with Gasteiger partial charge in [-0.25, -0.2) is 0 Å². The van der Waals surface area contributed by atoms with E-state index in [9.17, 15) is 9.59 Å². The summed E-state index contributed by atoms with van der Waals surface area (Å²) in [4.78, 5) is 34.6. The molecular formula is C24H21N3O2. The molecule has 1 amide bonds. The molecule has 2 heterocycles. The number of nitrogens with zero attached hydrogens (tertiary/aromatic N) is 2. The molecule has 0 aliphatic heterocycles. The zero-order chi connectivity index (χ0) is 20.4. The standard InChI is InChI=1S/C24H21N3O2/c1-16-8-10-21(11-9-16)27(24(29)19-7-4-12-25-14-19)15-20-13-18-6-3-5-17(2)22(18)26-23(20)28/h3-14H,15H2,1-2H3,(H,26,28). The molecule has 5 heteroatoms. The Bertz CT molecular complexity index is 1230. The van der Waals surface area contributed by atoms with Gasteiger partial charge in [-0.05, 0) is 55.1 Å². The van der Waals surface area contributed by atoms with E-state index in [0.29, 0.717) is 11.1 Å². The summed E-state index contributed by atoms with van der Waals surface area (Å²) in [6.07, 6.45) is 3.17. The fourth-order valence-electron chi connectivity index (χ4n) is 3.37. The third-order valence-corrected chi connectivity index (χ3v) is 4.99. The minimum absolute atomic E-state index is 0.163. The van der Waals surface area contributed by atoms with E-state index in [1.807, 2.05) is 62.4 Å². The number of rotatable bonds is 4. The third kappa shape index (κ3) is 3.80. The van der Waals surface area contributed by atoms with Crippen molar-refractivity contribution in [1.29, 1.82) is 0 Å². The van der Waals surface area contributed by atoms with Gasteiger partial charge in [0.15, 0.2) is 0 Å². The van der Waals surface area contributed by atoms with Crippen molar-refractivity contribution in [3.8, 4) is 0 Å². The van der Waals surface area contributed by atoms with Crippen LogP contribution in [0.4, 0.5) is 5.69 Å². The van der Waals surface area contributed by atoms with Crippen molar-refractivity contribution < 1.29 is 4.79 Å². The zero-order valence-corrected chi connectivity index (χ0v) is 16.3. The van der Waals surface area contributed by atoms with Gasteiger partial charge in [-0.3, -0.25) is 14.6 Å². The maximum atomic E-state index is 13.2. The Morgan fingerprint density at radius 1 is 1.03 bits per heavy atom. The molecule has 29 heavy (non-hydrogen) atoms. The number of H-pyrrole nitrogens is 1. The van der Waals surface area contributed by atoms with Gasteiger partial charge in [0.1, 0.15) is 0 Å². The molecule has 4 aromatic rings. The molecule has 0 bridgehead atoms. The van der Waals surface area contributed by atoms with Crippen molar-refractivity contribution in [2.75, 3.05) is 4.90 Å². The Kier molecular flexibility index (Phi) is 4.96. The molecule has 0 fully saturated rings. The first-order valence-corrected chi connectivity index (χ1v) is 9.43. The van der Waals surface area contributed by atoms with Gasteiger partial charge in [0.25, 0.3) is 11.5 Å². The van der Waals surface area contributed by atoms with E-state index in [-0.39, 0.29) is 18.0 Å². The second-order valence-electron chi connectivity index (χ2n) is 7.13. The summed E-state index contributed by atoms with van der Waals surface area (Å²) < 4.78 is 0. The van der Waals surface area contributed by atoms with Gasteiger partial charge in [0.05, 0.1) is 17.6 Å². The number of aryl methyl sites for hydroxylation is 2. The van der Waals surface area contributed by atoms with Crippen LogP contribution >= 0.6 is 0 Å². The van der Waals surface area contributed by atoms with Crippen LogP contribution in [-0.4, -0.2) is 15.9 Å². The van der Waals surface area contributed by atoms with E-state index >= 15 is 0 Å². The van der Waals surface area contributed by atoms with Crippen LogP contribution in [0.25, 0.3) is 10.9 Å². The molecule has 0 spiro atoms. The highest BCUT2D eigenvalue weighted by Crippen LogP contribution is 2.22. The van der Waals surface area contributed by atoms with Crippen molar-refractivity contribution >= 4 is 22.5 Å². The van der Waals surface area contributed by atoms with Crippen LogP contribution in [0.2, 0.25) is 0 Å². The summed E-state index contributed by atoms with van der Waals surface area (Å²) in [5, 5.41) is 0.942. The van der Waals surface area contributed by atoms with Gasteiger partial charge in [-0.1, -0.05) is 35.9 Å². The maximum absolute atomic E-state index is 13.2. The lowest BCUT2D eigenvalue weighted by atomic mass is 10.1. The summed E-state index contributed by atoms with van der Waals surface area (Å²) in [5.74, 6) is -0.203. The normalized spacial score (nSPS) is 10.8. The predicted molar refractivity (Wildman–Crippen MR) is 115 cm³/mol. The molecule has 144 valence electrons. The minimum atomic E-state index is -0.203. The van der Waals surface area contributed by atoms with E-state index < -0.39 is 0 Å². The van der Waals surface area contributed by atoms with Gasteiger partial charge in [-0.15, -0.1) is 0 Å². The Morgan fingerprint density at radius 3 is 2.55 bits per heavy atom. The first-order valence-electron chi connectivity index (χ1n) is 9.43. The van der Waals surface area contributed by atoms with Crippen molar-refractivity contribution in [2.24, 2.45) is 0 Å². The number of amides is 1. The van der Waals surface area contributed by atoms with Crippen LogP contribution < -0.4 is 10.5 Å². The number of anilines is 1. The molecular weight excluding hydrogens is 362 g/mol. The number of nitrogens with one attached hydrogen (secondary N) is 1. The molecule has 2 aromatic carbocycles. The number of hydrogen-bond donors (Lipinski definition) is 1. The second-order valence-corrected chi connectivity index (χ2v) is 7.13. The number of para-hydroxylation sites is 1. The number of carbonyl (C=O) groups is 1. The third-order valence-electron chi connectivity index (χ3n) is 4.99. The molecule has 0 atom stereocenters. The van der Waals surface area contributed by atoms with E-state index in [1.54, 1.807) is 23.2 Å². The first kappa shape index (κ1) is 18.6. The summed E-state index contributed by atoms with van der Waals surface area (Å²) in [7, 11) is 0. The number of aromatic nitrogens is 2. The lowest BCUT2D eigenvalue weighted by Crippen LogP contribution is -2.33. The number of fused-ring (bicyclic) bond motifs is 1. The Morgan fingerprint density at radius 2 is 1.83 bits per heavy atom. The molecule has 0 unspecified atom stereocenters. The fraction of sp³-hybridized carbons (Fsp3) is 0.125. The lowest BCUT2D eigenvalue weighted by molar-refractivity contribution is 0.0984. The Labute approximate surface area is 168 Å². The molecule has 2 aromatic heterocycles. The highest BCUT2D eigenvalue weighted by Gasteiger charge is 2.20. The SMILES string of the molecule is Cc1ccc(N(Cc2cc3cccc(C)c3[nH]c2=O)C(=O)c2cccnc2)cc1. The lowest BCUT2D eigenvalue weighted by Gasteiger charge is -2.23. The van der Waals surface area contributed by atoms with Gasteiger partial charge in [0, 0.05) is 23.6 Å². The van der Waals surface area contributed by atoms with Gasteiger partial charge < -0.3 is 9.88 Å². The largest absolute Gasteiger partial charge is 0.321 e. The molecule has 0 aliphatic rings. The van der Waals surface area contributed by atoms with Crippen molar-refractivity contribution in [3.63, 3.8) is 0 Å². The van der Waals surface area contributed by atoms with E-state index in [4.69, 9.17) is 0 Å². The van der Waals surface area contributed by atoms with Crippen LogP contribution in [0.3, 0.4) is 0 Å². The van der Waals surface area contributed by atoms with Gasteiger partial charge in [-0.2, -0.15) is 0 Å². The van der Waals surface area contributed by atoms with E-state index in [0.717, 1.165) is 27.7 Å². The number of aromatic amines is 1. The molecule has 0 saturated heterocycles. The average molecular weight is 383 g/mol. The first-order chi connectivity index (χ1) is 14.0. The van der Waals surface area contributed by atoms with Gasteiger partial charge in [0.2, 0.25) is 0 Å². The number of hydrogen-bond acceptors (Lipinski definition) is 3. The van der Waals surface area contributed by atoms with E-state index in [2.05, 4.69) is 9.97 Å². The second kappa shape index (κ2) is 7.72. The molecule has 0 radical (unpaired) electrons. The summed E-state index contributed by atoms with van der Waals surface area (Å²) in [6.45, 7) is 4.12. The Balaban J connectivity index is 1.79. The quantitative estimate of drug-likeness (QED) is 0.568. The van der Waals surface area contributed by atoms with Crippen LogP contribution in [-0.2, 0) is 6.54 Å². The number of benzene rings is 2. The zero-order valence-electron chi connectivity index (χ0n) is 16.3. The predicted octanol–water partition coefficient (Wildman–Crippen LogP) is 4.39. The summed E-state index contributed by atoms with van der Waals surface area (Å²) >= 11 is 0. The highest BCUT2D eigenvalue weighted by molar-refractivity contribution is 6.05. The Hall–Kier alpha value is -3.73. The fourth-order valence-corrected chi connectivity index (χ4v) is 3.37. The summed E-state index contributed by atoms with van der Waals surface area (Å²) in [5.41, 5.74) is 4.47. The van der Waals surface area contributed by atoms with Crippen molar-refractivity contribution in [1.82, 2.24) is 9.97 Å². The molecule has 5 nitrogen and oxygen atoms in total. The number of carbonyl (C=O) groups excluding carboxylic acids is 1. The van der Waals surface area contributed by atoms with Crippen molar-refractivity contribution in [2.45, 2.75) is 20.4 Å². The van der Waals surface area contributed by atoms with Crippen LogP contribution in [0.5, 0.6) is 0 Å². The molecule has 0 saturated carbocycles. The van der Waals surface area contributed by atoms with Crippen molar-refractivity contribution in [3.05, 3.63) is 106 Å². The monoisotopic (exact) mass is 383 g/mol. The van der Waals surface area contributed by atoms with Crippen LogP contribution in [0, 0.1) is 13.8 Å². The van der Waals surface area contributed by atoms with Crippen LogP contribution in [0.15, 0.2) is 77.9 Å². The molecule has 0 aliphatic carbocycles. The molecule has 4 rings (SSSR count). The number of pyridine rings is 2. The average Bonchev–Trinajstić information content (AvgIpc) is 2.74.